The molecule has 0 amide bonds. The lowest BCUT2D eigenvalue weighted by Gasteiger charge is -2.27. The molecular formula is C46H46O2P2. The first-order valence-electron chi connectivity index (χ1n) is 17.9. The summed E-state index contributed by atoms with van der Waals surface area (Å²) in [5, 5.41) is 19.5. The summed E-state index contributed by atoms with van der Waals surface area (Å²) in [6.45, 7) is 6.63. The van der Waals surface area contributed by atoms with Crippen LogP contribution >= 0.6 is 15.8 Å². The molecule has 0 spiro atoms. The van der Waals surface area contributed by atoms with Gasteiger partial charge in [0.2, 0.25) is 0 Å². The molecule has 0 aromatic heterocycles. The molecule has 2 atom stereocenters. The number of aromatic hydroxyl groups is 1. The maximum atomic E-state index is 12.1. The van der Waals surface area contributed by atoms with Gasteiger partial charge in [0.15, 0.2) is 0 Å². The Labute approximate surface area is 300 Å². The number of phenolic OH excluding ortho intramolecular Hbond substituents is 1. The van der Waals surface area contributed by atoms with Crippen molar-refractivity contribution < 1.29 is 9.84 Å². The predicted molar refractivity (Wildman–Crippen MR) is 216 cm³/mol. The monoisotopic (exact) mass is 692 g/mol. The lowest BCUT2D eigenvalue weighted by molar-refractivity contribution is 0.188. The highest BCUT2D eigenvalue weighted by Gasteiger charge is 2.28. The summed E-state index contributed by atoms with van der Waals surface area (Å²) >= 11 is 0. The number of para-hydroxylation sites is 2. The van der Waals surface area contributed by atoms with Crippen LogP contribution in [-0.4, -0.2) is 11.2 Å². The maximum Gasteiger partial charge on any atom is 0.131 e. The van der Waals surface area contributed by atoms with Gasteiger partial charge in [-0.1, -0.05) is 170 Å². The minimum atomic E-state index is -0.947. The van der Waals surface area contributed by atoms with Crippen LogP contribution in [0.3, 0.4) is 0 Å². The summed E-state index contributed by atoms with van der Waals surface area (Å²) in [6.07, 6.45) is 4.80. The van der Waals surface area contributed by atoms with Crippen molar-refractivity contribution in [3.05, 3.63) is 168 Å². The molecule has 0 saturated heterocycles. The molecule has 4 heteroatoms. The first-order valence-corrected chi connectivity index (χ1v) is 20.6. The van der Waals surface area contributed by atoms with E-state index in [9.17, 15) is 5.11 Å². The molecular weight excluding hydrogens is 646 g/mol. The Morgan fingerprint density at radius 2 is 1.10 bits per heavy atom. The summed E-state index contributed by atoms with van der Waals surface area (Å²) in [6, 6.07) is 52.6. The van der Waals surface area contributed by atoms with Crippen LogP contribution in [0.5, 0.6) is 11.5 Å². The van der Waals surface area contributed by atoms with Crippen molar-refractivity contribution in [2.24, 2.45) is 5.92 Å². The van der Waals surface area contributed by atoms with Crippen LogP contribution in [0.1, 0.15) is 48.4 Å². The summed E-state index contributed by atoms with van der Waals surface area (Å²) in [5.41, 5.74) is 4.72. The number of ether oxygens (including phenoxy) is 1. The predicted octanol–water partition coefficient (Wildman–Crippen LogP) is 8.88. The van der Waals surface area contributed by atoms with E-state index in [1.54, 1.807) is 0 Å². The summed E-state index contributed by atoms with van der Waals surface area (Å²) in [7, 11) is -1.78. The molecule has 0 fully saturated rings. The fourth-order valence-corrected chi connectivity index (χ4v) is 11.9. The minimum Gasteiger partial charge on any atom is -0.507 e. The second-order valence-corrected chi connectivity index (χ2v) is 18.1. The molecule has 50 heavy (non-hydrogen) atoms. The van der Waals surface area contributed by atoms with Gasteiger partial charge in [0.25, 0.3) is 0 Å². The molecule has 0 aliphatic carbocycles. The lowest BCUT2D eigenvalue weighted by atomic mass is 9.95. The molecule has 6 aromatic rings. The van der Waals surface area contributed by atoms with E-state index in [4.69, 9.17) is 4.74 Å². The number of rotatable bonds is 8. The number of benzene rings is 6. The van der Waals surface area contributed by atoms with E-state index in [0.29, 0.717) is 18.1 Å². The van der Waals surface area contributed by atoms with E-state index >= 15 is 0 Å². The highest BCUT2D eigenvalue weighted by Crippen LogP contribution is 2.41. The third-order valence-electron chi connectivity index (χ3n) is 9.79. The molecule has 252 valence electrons. The van der Waals surface area contributed by atoms with Gasteiger partial charge in [-0.3, -0.25) is 0 Å². The Morgan fingerprint density at radius 3 is 1.70 bits per heavy atom. The molecule has 0 radical (unpaired) electrons. The van der Waals surface area contributed by atoms with Crippen LogP contribution in [0.2, 0.25) is 0 Å². The van der Waals surface area contributed by atoms with Gasteiger partial charge < -0.3 is 9.84 Å². The normalized spacial score (nSPS) is 16.3. The van der Waals surface area contributed by atoms with E-state index in [1.165, 1.54) is 43.2 Å². The van der Waals surface area contributed by atoms with Gasteiger partial charge in [-0.15, -0.1) is 0 Å². The van der Waals surface area contributed by atoms with E-state index in [2.05, 4.69) is 166 Å². The SMILES string of the molecule is Cc1ccc(P(c2ccc(C)cc2)c2cccc(C[C@H]3CCCC(C)Cc4cccc(P(c5ccccc5)c5ccccc5)c4O3)c2O)cc1. The summed E-state index contributed by atoms with van der Waals surface area (Å²) in [5.74, 6) is 2.01. The lowest BCUT2D eigenvalue weighted by Crippen LogP contribution is -2.27. The van der Waals surface area contributed by atoms with Gasteiger partial charge in [-0.05, 0) is 87.2 Å². The number of phenols is 1. The van der Waals surface area contributed by atoms with Crippen molar-refractivity contribution in [3.63, 3.8) is 0 Å². The zero-order valence-corrected chi connectivity index (χ0v) is 31.1. The van der Waals surface area contributed by atoms with E-state index in [1.807, 2.05) is 0 Å². The number of fused-ring (bicyclic) bond motifs is 1. The minimum absolute atomic E-state index is 0.0604. The van der Waals surface area contributed by atoms with Crippen molar-refractivity contribution in [1.82, 2.24) is 0 Å². The summed E-state index contributed by atoms with van der Waals surface area (Å²) < 4.78 is 7.29. The average molecular weight is 693 g/mol. The van der Waals surface area contributed by atoms with Crippen molar-refractivity contribution in [1.29, 1.82) is 0 Å². The third-order valence-corrected chi connectivity index (χ3v) is 14.7. The van der Waals surface area contributed by atoms with Gasteiger partial charge in [0.05, 0.1) is 0 Å². The Balaban J connectivity index is 1.28. The molecule has 1 aliphatic rings. The van der Waals surface area contributed by atoms with Gasteiger partial charge in [-0.2, -0.15) is 0 Å². The average Bonchev–Trinajstić information content (AvgIpc) is 3.21. The highest BCUT2D eigenvalue weighted by molar-refractivity contribution is 7.80. The van der Waals surface area contributed by atoms with E-state index < -0.39 is 15.8 Å². The molecule has 7 rings (SSSR count). The number of hydrogen-bond acceptors (Lipinski definition) is 2. The topological polar surface area (TPSA) is 29.5 Å². The zero-order valence-electron chi connectivity index (χ0n) is 29.3. The van der Waals surface area contributed by atoms with Crippen LogP contribution in [-0.2, 0) is 12.8 Å². The van der Waals surface area contributed by atoms with Crippen molar-refractivity contribution in [2.45, 2.75) is 59.0 Å². The Morgan fingerprint density at radius 1 is 0.580 bits per heavy atom. The molecule has 1 unspecified atom stereocenters. The van der Waals surface area contributed by atoms with Crippen LogP contribution in [0.15, 0.2) is 146 Å². The first-order chi connectivity index (χ1) is 24.4. The molecule has 1 heterocycles. The van der Waals surface area contributed by atoms with E-state index in [-0.39, 0.29) is 6.10 Å². The van der Waals surface area contributed by atoms with Crippen LogP contribution in [0.25, 0.3) is 0 Å². The van der Waals surface area contributed by atoms with Gasteiger partial charge in [0, 0.05) is 17.0 Å². The van der Waals surface area contributed by atoms with Gasteiger partial charge in [-0.25, -0.2) is 0 Å². The van der Waals surface area contributed by atoms with Crippen molar-refractivity contribution >= 4 is 47.7 Å². The quantitative estimate of drug-likeness (QED) is 0.162. The molecule has 2 nitrogen and oxygen atoms in total. The molecule has 0 saturated carbocycles. The Kier molecular flexibility index (Phi) is 10.8. The largest absolute Gasteiger partial charge is 0.507 e. The molecule has 0 bridgehead atoms. The maximum absolute atomic E-state index is 12.1. The Bertz CT molecular complexity index is 1920. The van der Waals surface area contributed by atoms with Gasteiger partial charge >= 0.3 is 0 Å². The fraction of sp³-hybridized carbons (Fsp3) is 0.217. The van der Waals surface area contributed by atoms with Crippen LogP contribution in [0.4, 0.5) is 0 Å². The van der Waals surface area contributed by atoms with E-state index in [0.717, 1.165) is 42.3 Å². The highest BCUT2D eigenvalue weighted by atomic mass is 31.1. The molecule has 1 aliphatic heterocycles. The van der Waals surface area contributed by atoms with Crippen LogP contribution in [0, 0.1) is 19.8 Å². The third kappa shape index (κ3) is 7.73. The summed E-state index contributed by atoms with van der Waals surface area (Å²) in [4.78, 5) is 0. The van der Waals surface area contributed by atoms with Crippen molar-refractivity contribution in [2.75, 3.05) is 0 Å². The first kappa shape index (κ1) is 34.2. The van der Waals surface area contributed by atoms with Gasteiger partial charge in [0.1, 0.15) is 17.6 Å². The Hall–Kier alpha value is -4.22. The van der Waals surface area contributed by atoms with Crippen LogP contribution < -0.4 is 36.6 Å². The van der Waals surface area contributed by atoms with Crippen molar-refractivity contribution in [3.8, 4) is 11.5 Å². The zero-order chi connectivity index (χ0) is 34.5. The standard InChI is InChI=1S/C46H46O2P2/c1-33-23-27-41(28-24-33)49(42-29-25-34(2)26-30-42)43-21-11-14-36(45(43)47)32-38-16-10-13-35(3)31-37-15-12-22-44(46(37)48-38)50(39-17-6-4-7-18-39)40-19-8-5-9-20-40/h4-9,11-12,14-15,17-30,35,38,47H,10,13,16,31-32H2,1-3H3/t35?,38-/m1/s1. The number of aryl methyl sites for hydroxylation is 2. The molecule has 1 N–H and O–H groups in total. The second kappa shape index (κ2) is 15.8. The second-order valence-electron chi connectivity index (χ2n) is 13.7. The number of hydrogen-bond donors (Lipinski definition) is 1. The fourth-order valence-electron chi connectivity index (χ4n) is 7.15. The smallest absolute Gasteiger partial charge is 0.131 e. The molecule has 6 aromatic carbocycles.